The summed E-state index contributed by atoms with van der Waals surface area (Å²) < 4.78 is 10.5. The maximum atomic E-state index is 12.5. The van der Waals surface area contributed by atoms with E-state index in [-0.39, 0.29) is 17.7 Å². The first-order chi connectivity index (χ1) is 15.2. The second-order valence-corrected chi connectivity index (χ2v) is 7.70. The molecular weight excluding hydrogens is 424 g/mol. The van der Waals surface area contributed by atoms with Gasteiger partial charge in [-0.3, -0.25) is 10.1 Å². The molecule has 2 aliphatic rings. The van der Waals surface area contributed by atoms with Crippen molar-refractivity contribution in [3.05, 3.63) is 46.7 Å². The Morgan fingerprint density at radius 2 is 1.88 bits per heavy atom. The Morgan fingerprint density at radius 3 is 2.44 bits per heavy atom. The fourth-order valence-electron chi connectivity index (χ4n) is 3.95. The predicted octanol–water partition coefficient (Wildman–Crippen LogP) is -2.10. The van der Waals surface area contributed by atoms with Crippen LogP contribution in [0.4, 0.5) is 0 Å². The van der Waals surface area contributed by atoms with Gasteiger partial charge >= 0.3 is 5.97 Å². The van der Waals surface area contributed by atoms with Crippen LogP contribution >= 0.6 is 0 Å². The summed E-state index contributed by atoms with van der Waals surface area (Å²) in [5.74, 6) is -2.95. The number of benzene rings is 1. The van der Waals surface area contributed by atoms with Crippen LogP contribution in [0.3, 0.4) is 0 Å². The van der Waals surface area contributed by atoms with Crippen LogP contribution in [0.2, 0.25) is 0 Å². The van der Waals surface area contributed by atoms with Crippen molar-refractivity contribution in [2.24, 2.45) is 0 Å². The van der Waals surface area contributed by atoms with Crippen molar-refractivity contribution >= 4 is 12.3 Å². The Kier molecular flexibility index (Phi) is 7.30. The van der Waals surface area contributed by atoms with Gasteiger partial charge in [-0.05, 0) is 19.4 Å². The summed E-state index contributed by atoms with van der Waals surface area (Å²) in [4.78, 5) is 23.8. The van der Waals surface area contributed by atoms with E-state index in [0.29, 0.717) is 17.5 Å². The summed E-state index contributed by atoms with van der Waals surface area (Å²) >= 11 is 0. The summed E-state index contributed by atoms with van der Waals surface area (Å²) in [6.07, 6.45) is -6.64. The molecule has 0 bridgehead atoms. The Hall–Kier alpha value is -2.38. The largest absolute Gasteiger partial charge is 0.463 e. The Bertz CT molecular complexity index is 873. The molecular formula is C21H28N2O9. The van der Waals surface area contributed by atoms with Gasteiger partial charge in [0.25, 0.3) is 0 Å². The highest BCUT2D eigenvalue weighted by Gasteiger charge is 2.53. The van der Waals surface area contributed by atoms with Crippen molar-refractivity contribution in [1.29, 1.82) is 0 Å². The predicted molar refractivity (Wildman–Crippen MR) is 109 cm³/mol. The van der Waals surface area contributed by atoms with E-state index < -0.39 is 55.0 Å². The number of aliphatic hydroxyl groups excluding tert-OH is 4. The number of hydrogen-bond donors (Lipinski definition) is 7. The normalized spacial score (nSPS) is 35.2. The summed E-state index contributed by atoms with van der Waals surface area (Å²) in [7, 11) is 0. The molecule has 0 spiro atoms. The first-order valence-corrected chi connectivity index (χ1v) is 10.2. The van der Waals surface area contributed by atoms with Gasteiger partial charge in [0.2, 0.25) is 5.79 Å². The Labute approximate surface area is 184 Å². The van der Waals surface area contributed by atoms with Gasteiger partial charge in [0.1, 0.15) is 30.6 Å². The van der Waals surface area contributed by atoms with Crippen molar-refractivity contribution < 1.29 is 44.6 Å². The second kappa shape index (κ2) is 9.63. The van der Waals surface area contributed by atoms with E-state index in [9.17, 15) is 35.1 Å². The molecule has 3 rings (SSSR count). The molecule has 1 aromatic carbocycles. The monoisotopic (exact) mass is 452 g/mol. The standard InChI is InChI=1S/C21H28N2O9/c1-3-31-20(29)15-10(2)22-14(9-25)23-16(15)11-4-6-12(7-5-11)21(30)19(28)18(27)17(26)13(8-24)32-21/h4-7,9,13-14,16-19,22-24,26-28,30H,3,8H2,1-2H3/t13-,14?,16?,17-,18-,19-,21-/m1/s1. The highest BCUT2D eigenvalue weighted by Crippen LogP contribution is 2.37. The molecule has 32 heavy (non-hydrogen) atoms. The lowest BCUT2D eigenvalue weighted by Gasteiger charge is -2.45. The van der Waals surface area contributed by atoms with Gasteiger partial charge in [0.15, 0.2) is 6.29 Å². The van der Waals surface area contributed by atoms with E-state index in [4.69, 9.17) is 9.47 Å². The molecule has 7 N–H and O–H groups in total. The molecule has 0 radical (unpaired) electrons. The summed E-state index contributed by atoms with van der Waals surface area (Å²) in [5.41, 5.74) is 1.36. The van der Waals surface area contributed by atoms with Crippen LogP contribution in [0.1, 0.15) is 31.0 Å². The molecule has 0 aliphatic carbocycles. The van der Waals surface area contributed by atoms with E-state index in [0.717, 1.165) is 0 Å². The van der Waals surface area contributed by atoms with Crippen LogP contribution in [-0.4, -0.2) is 81.6 Å². The van der Waals surface area contributed by atoms with E-state index in [1.54, 1.807) is 26.0 Å². The van der Waals surface area contributed by atoms with Gasteiger partial charge in [0.05, 0.1) is 24.8 Å². The fourth-order valence-corrected chi connectivity index (χ4v) is 3.95. The Morgan fingerprint density at radius 1 is 1.22 bits per heavy atom. The first kappa shape index (κ1) is 24.3. The summed E-state index contributed by atoms with van der Waals surface area (Å²) in [5, 5.41) is 56.5. The quantitative estimate of drug-likeness (QED) is 0.186. The van der Waals surface area contributed by atoms with Crippen LogP contribution in [0, 0.1) is 0 Å². The van der Waals surface area contributed by atoms with Gasteiger partial charge in [-0.15, -0.1) is 0 Å². The van der Waals surface area contributed by atoms with E-state index in [2.05, 4.69) is 10.6 Å². The topological polar surface area (TPSA) is 178 Å². The van der Waals surface area contributed by atoms with Crippen molar-refractivity contribution in [3.8, 4) is 0 Å². The molecule has 11 heteroatoms. The highest BCUT2D eigenvalue weighted by atomic mass is 16.7. The Balaban J connectivity index is 1.95. The van der Waals surface area contributed by atoms with Gasteiger partial charge in [-0.2, -0.15) is 0 Å². The molecule has 11 nitrogen and oxygen atoms in total. The number of rotatable bonds is 6. The minimum atomic E-state index is -2.40. The van der Waals surface area contributed by atoms with E-state index in [1.165, 1.54) is 12.1 Å². The molecule has 2 heterocycles. The highest BCUT2D eigenvalue weighted by molar-refractivity contribution is 5.91. The summed E-state index contributed by atoms with van der Waals surface area (Å²) in [6.45, 7) is 2.81. The average molecular weight is 452 g/mol. The number of esters is 1. The smallest absolute Gasteiger partial charge is 0.337 e. The first-order valence-electron chi connectivity index (χ1n) is 10.2. The number of carbonyl (C=O) groups excluding carboxylic acids is 2. The number of ether oxygens (including phenoxy) is 2. The fraction of sp³-hybridized carbons (Fsp3) is 0.524. The molecule has 176 valence electrons. The van der Waals surface area contributed by atoms with Crippen molar-refractivity contribution in [1.82, 2.24) is 10.6 Å². The third-order valence-corrected chi connectivity index (χ3v) is 5.67. The van der Waals surface area contributed by atoms with E-state index >= 15 is 0 Å². The number of aliphatic hydroxyl groups is 5. The number of nitrogens with one attached hydrogen (secondary N) is 2. The van der Waals surface area contributed by atoms with Crippen molar-refractivity contribution in [3.63, 3.8) is 0 Å². The van der Waals surface area contributed by atoms with Crippen LogP contribution in [0.25, 0.3) is 0 Å². The van der Waals surface area contributed by atoms with Gasteiger partial charge < -0.3 is 40.3 Å². The number of carbonyl (C=O) groups is 2. The maximum absolute atomic E-state index is 12.5. The molecule has 1 fully saturated rings. The maximum Gasteiger partial charge on any atom is 0.337 e. The van der Waals surface area contributed by atoms with Gasteiger partial charge in [0, 0.05) is 11.3 Å². The van der Waals surface area contributed by atoms with Crippen molar-refractivity contribution in [2.75, 3.05) is 13.2 Å². The molecule has 2 unspecified atom stereocenters. The second-order valence-electron chi connectivity index (χ2n) is 7.70. The van der Waals surface area contributed by atoms with Crippen LogP contribution in [-0.2, 0) is 24.8 Å². The lowest BCUT2D eigenvalue weighted by molar-refractivity contribution is -0.357. The minimum absolute atomic E-state index is 0.0532. The van der Waals surface area contributed by atoms with Gasteiger partial charge in [-0.25, -0.2) is 4.79 Å². The lowest BCUT2D eigenvalue weighted by Crippen LogP contribution is -2.63. The molecule has 0 amide bonds. The van der Waals surface area contributed by atoms with E-state index in [1.807, 2.05) is 0 Å². The number of hydrogen-bond acceptors (Lipinski definition) is 11. The lowest BCUT2D eigenvalue weighted by atomic mass is 9.87. The molecule has 0 saturated carbocycles. The van der Waals surface area contributed by atoms with Gasteiger partial charge in [-0.1, -0.05) is 24.3 Å². The molecule has 1 saturated heterocycles. The molecule has 2 aliphatic heterocycles. The summed E-state index contributed by atoms with van der Waals surface area (Å²) in [6, 6.07) is 5.21. The number of aldehydes is 1. The zero-order valence-corrected chi connectivity index (χ0v) is 17.6. The molecule has 0 aromatic heterocycles. The minimum Gasteiger partial charge on any atom is -0.463 e. The zero-order valence-electron chi connectivity index (χ0n) is 17.6. The average Bonchev–Trinajstić information content (AvgIpc) is 2.79. The molecule has 7 atom stereocenters. The van der Waals surface area contributed by atoms with Crippen LogP contribution in [0.5, 0.6) is 0 Å². The van der Waals surface area contributed by atoms with Crippen molar-refractivity contribution in [2.45, 2.75) is 56.3 Å². The van der Waals surface area contributed by atoms with Crippen LogP contribution in [0.15, 0.2) is 35.5 Å². The van der Waals surface area contributed by atoms with Crippen LogP contribution < -0.4 is 10.6 Å². The third kappa shape index (κ3) is 4.28. The number of allylic oxidation sites excluding steroid dienone is 1. The molecule has 1 aromatic rings. The zero-order chi connectivity index (χ0) is 23.6. The third-order valence-electron chi connectivity index (χ3n) is 5.67. The SMILES string of the molecule is CCOC(=O)C1=C(C)NC(C=O)NC1c1ccc([C@@]2(O)O[C@H](CO)[C@@H](O)[C@@H](O)[C@H]2O)cc1.